The first-order valence-electron chi connectivity index (χ1n) is 6.54. The van der Waals surface area contributed by atoms with Gasteiger partial charge in [-0.15, -0.1) is 0 Å². The quantitative estimate of drug-likeness (QED) is 0.776. The number of pyridine rings is 1. The van der Waals surface area contributed by atoms with Crippen LogP contribution >= 0.6 is 11.6 Å². The highest BCUT2D eigenvalue weighted by molar-refractivity contribution is 6.30. The Morgan fingerprint density at radius 2 is 2.05 bits per heavy atom. The van der Waals surface area contributed by atoms with Gasteiger partial charge in [-0.2, -0.15) is 5.10 Å². The minimum Gasteiger partial charge on any atom is -0.476 e. The number of hydrogen-bond donors (Lipinski definition) is 2. The Morgan fingerprint density at radius 1 is 1.36 bits per heavy atom. The van der Waals surface area contributed by atoms with E-state index in [4.69, 9.17) is 11.6 Å². The molecule has 1 aromatic carbocycles. The summed E-state index contributed by atoms with van der Waals surface area (Å²) in [5.74, 6) is -1.13. The average Bonchev–Trinajstić information content (AvgIpc) is 2.80. The van der Waals surface area contributed by atoms with E-state index in [9.17, 15) is 14.7 Å². The third-order valence-corrected chi connectivity index (χ3v) is 3.64. The number of carboxylic acids is 1. The second kappa shape index (κ2) is 5.31. The van der Waals surface area contributed by atoms with Crippen LogP contribution in [0.15, 0.2) is 35.1 Å². The Bertz CT molecular complexity index is 926. The lowest BCUT2D eigenvalue weighted by Crippen LogP contribution is -2.09. The van der Waals surface area contributed by atoms with Crippen molar-refractivity contribution in [1.82, 2.24) is 14.8 Å². The predicted molar refractivity (Wildman–Crippen MR) is 82.6 cm³/mol. The number of rotatable bonds is 3. The number of carbonyl (C=O) groups is 1. The number of hydrogen-bond acceptors (Lipinski definition) is 3. The fraction of sp³-hybridized carbons (Fsp3) is 0.133. The highest BCUT2D eigenvalue weighted by Crippen LogP contribution is 2.20. The van der Waals surface area contributed by atoms with E-state index in [1.807, 2.05) is 12.1 Å². The van der Waals surface area contributed by atoms with E-state index < -0.39 is 5.97 Å². The van der Waals surface area contributed by atoms with Gasteiger partial charge in [0.1, 0.15) is 5.65 Å². The van der Waals surface area contributed by atoms with Crippen molar-refractivity contribution < 1.29 is 9.90 Å². The molecular weight excluding hydrogens is 306 g/mol. The molecule has 0 atom stereocenters. The Morgan fingerprint density at radius 3 is 2.68 bits per heavy atom. The topological polar surface area (TPSA) is 88.0 Å². The normalized spacial score (nSPS) is 11.0. The van der Waals surface area contributed by atoms with Crippen molar-refractivity contribution in [2.75, 3.05) is 0 Å². The van der Waals surface area contributed by atoms with Crippen LogP contribution in [0, 0.1) is 6.92 Å². The van der Waals surface area contributed by atoms with Gasteiger partial charge in [0.2, 0.25) is 5.56 Å². The number of nitrogens with one attached hydrogen (secondary N) is 1. The summed E-state index contributed by atoms with van der Waals surface area (Å²) in [6.07, 6.45) is 0. The summed E-state index contributed by atoms with van der Waals surface area (Å²) in [4.78, 5) is 25.7. The molecule has 0 aliphatic rings. The van der Waals surface area contributed by atoms with Gasteiger partial charge in [0, 0.05) is 11.1 Å². The van der Waals surface area contributed by atoms with Crippen LogP contribution in [-0.2, 0) is 6.54 Å². The zero-order valence-electron chi connectivity index (χ0n) is 11.6. The molecule has 0 spiro atoms. The monoisotopic (exact) mass is 317 g/mol. The summed E-state index contributed by atoms with van der Waals surface area (Å²) in [5, 5.41) is 14.5. The first-order valence-corrected chi connectivity index (χ1v) is 6.91. The summed E-state index contributed by atoms with van der Waals surface area (Å²) < 4.78 is 1.48. The summed E-state index contributed by atoms with van der Waals surface area (Å²) >= 11 is 5.85. The Labute approximate surface area is 130 Å². The van der Waals surface area contributed by atoms with Gasteiger partial charge in [0.05, 0.1) is 11.9 Å². The molecule has 0 amide bonds. The van der Waals surface area contributed by atoms with Gasteiger partial charge < -0.3 is 10.1 Å². The number of benzene rings is 1. The maximum absolute atomic E-state index is 11.7. The number of aromatic carboxylic acids is 1. The molecule has 7 heteroatoms. The average molecular weight is 318 g/mol. The van der Waals surface area contributed by atoms with Gasteiger partial charge in [0.25, 0.3) is 0 Å². The van der Waals surface area contributed by atoms with Gasteiger partial charge in [-0.25, -0.2) is 9.48 Å². The molecular formula is C15H12ClN3O3. The van der Waals surface area contributed by atoms with Crippen LogP contribution < -0.4 is 5.56 Å². The maximum Gasteiger partial charge on any atom is 0.357 e. The second-order valence-corrected chi connectivity index (χ2v) is 5.41. The standard InChI is InChI=1S/C15H12ClN3O3/c1-8-6-11(20)17-14-12(8)13(15(21)22)18-19(14)7-9-2-4-10(16)5-3-9/h2-6H,7H2,1H3,(H,17,20)(H,21,22). The highest BCUT2D eigenvalue weighted by atomic mass is 35.5. The van der Waals surface area contributed by atoms with Crippen molar-refractivity contribution in [3.05, 3.63) is 62.5 Å². The molecule has 0 saturated carbocycles. The predicted octanol–water partition coefficient (Wildman–Crippen LogP) is 2.43. The number of H-pyrrole nitrogens is 1. The minimum atomic E-state index is -1.13. The van der Waals surface area contributed by atoms with Crippen LogP contribution in [0.25, 0.3) is 11.0 Å². The Hall–Kier alpha value is -2.60. The zero-order valence-corrected chi connectivity index (χ0v) is 12.4. The molecule has 0 aliphatic heterocycles. The Balaban J connectivity index is 2.19. The number of aromatic nitrogens is 3. The summed E-state index contributed by atoms with van der Waals surface area (Å²) in [7, 11) is 0. The van der Waals surface area contributed by atoms with E-state index in [1.165, 1.54) is 10.7 Å². The maximum atomic E-state index is 11.7. The number of aryl methyl sites for hydroxylation is 1. The highest BCUT2D eigenvalue weighted by Gasteiger charge is 2.19. The Kier molecular flexibility index (Phi) is 3.46. The van der Waals surface area contributed by atoms with Crippen molar-refractivity contribution in [2.45, 2.75) is 13.5 Å². The van der Waals surface area contributed by atoms with Gasteiger partial charge in [-0.05, 0) is 30.2 Å². The van der Waals surface area contributed by atoms with E-state index >= 15 is 0 Å². The third-order valence-electron chi connectivity index (χ3n) is 3.38. The number of carboxylic acid groups (broad SMARTS) is 1. The van der Waals surface area contributed by atoms with Crippen molar-refractivity contribution in [1.29, 1.82) is 0 Å². The molecule has 3 rings (SSSR count). The van der Waals surface area contributed by atoms with Gasteiger partial charge in [-0.1, -0.05) is 23.7 Å². The molecule has 0 radical (unpaired) electrons. The number of nitrogens with zero attached hydrogens (tertiary/aromatic N) is 2. The molecule has 0 bridgehead atoms. The first kappa shape index (κ1) is 14.3. The molecule has 2 heterocycles. The van der Waals surface area contributed by atoms with E-state index in [-0.39, 0.29) is 11.3 Å². The molecule has 0 aliphatic carbocycles. The molecule has 22 heavy (non-hydrogen) atoms. The van der Waals surface area contributed by atoms with Crippen LogP contribution in [0.5, 0.6) is 0 Å². The SMILES string of the molecule is Cc1cc(=O)[nH]c2c1c(C(=O)O)nn2Cc1ccc(Cl)cc1. The lowest BCUT2D eigenvalue weighted by molar-refractivity contribution is 0.0691. The lowest BCUT2D eigenvalue weighted by Gasteiger charge is -2.04. The summed E-state index contributed by atoms with van der Waals surface area (Å²) in [6.45, 7) is 2.03. The van der Waals surface area contributed by atoms with Crippen molar-refractivity contribution >= 4 is 28.6 Å². The van der Waals surface area contributed by atoms with Crippen molar-refractivity contribution in [2.24, 2.45) is 0 Å². The fourth-order valence-electron chi connectivity index (χ4n) is 2.41. The molecule has 0 fully saturated rings. The fourth-order valence-corrected chi connectivity index (χ4v) is 2.54. The van der Waals surface area contributed by atoms with Crippen LogP contribution in [-0.4, -0.2) is 25.8 Å². The van der Waals surface area contributed by atoms with Gasteiger partial charge in [-0.3, -0.25) is 4.79 Å². The summed E-state index contributed by atoms with van der Waals surface area (Å²) in [6, 6.07) is 8.50. The van der Waals surface area contributed by atoms with Crippen molar-refractivity contribution in [3.63, 3.8) is 0 Å². The molecule has 6 nitrogen and oxygen atoms in total. The van der Waals surface area contributed by atoms with Crippen LogP contribution in [0.3, 0.4) is 0 Å². The molecule has 112 valence electrons. The van der Waals surface area contributed by atoms with Crippen LogP contribution in [0.2, 0.25) is 5.02 Å². The minimum absolute atomic E-state index is 0.0716. The molecule has 3 aromatic rings. The van der Waals surface area contributed by atoms with Crippen LogP contribution in [0.4, 0.5) is 0 Å². The van der Waals surface area contributed by atoms with Gasteiger partial charge >= 0.3 is 5.97 Å². The second-order valence-electron chi connectivity index (χ2n) is 4.98. The number of aromatic amines is 1. The smallest absolute Gasteiger partial charge is 0.357 e. The van der Waals surface area contributed by atoms with E-state index in [1.54, 1.807) is 19.1 Å². The van der Waals surface area contributed by atoms with E-state index in [2.05, 4.69) is 10.1 Å². The summed E-state index contributed by atoms with van der Waals surface area (Å²) in [5.41, 5.74) is 1.51. The zero-order chi connectivity index (χ0) is 15.9. The largest absolute Gasteiger partial charge is 0.476 e. The molecule has 2 aromatic heterocycles. The van der Waals surface area contributed by atoms with E-state index in [0.29, 0.717) is 28.2 Å². The van der Waals surface area contributed by atoms with E-state index in [0.717, 1.165) is 5.56 Å². The number of halogens is 1. The molecule has 0 unspecified atom stereocenters. The van der Waals surface area contributed by atoms with Crippen molar-refractivity contribution in [3.8, 4) is 0 Å². The molecule has 0 saturated heterocycles. The molecule has 2 N–H and O–H groups in total. The third kappa shape index (κ3) is 2.48. The van der Waals surface area contributed by atoms with Crippen LogP contribution in [0.1, 0.15) is 21.6 Å². The van der Waals surface area contributed by atoms with Gasteiger partial charge in [0.15, 0.2) is 5.69 Å². The lowest BCUT2D eigenvalue weighted by atomic mass is 10.1. The number of fused-ring (bicyclic) bond motifs is 1. The first-order chi connectivity index (χ1) is 10.5.